The van der Waals surface area contributed by atoms with Crippen LogP contribution in [0.3, 0.4) is 0 Å². The molecule has 0 aliphatic carbocycles. The first-order valence-corrected chi connectivity index (χ1v) is 7.16. The van der Waals surface area contributed by atoms with E-state index >= 15 is 0 Å². The quantitative estimate of drug-likeness (QED) is 0.761. The summed E-state index contributed by atoms with van der Waals surface area (Å²) in [7, 11) is 1.42. The summed E-state index contributed by atoms with van der Waals surface area (Å²) in [6.07, 6.45) is 0. The Morgan fingerprint density at radius 2 is 1.62 bits per heavy atom. The summed E-state index contributed by atoms with van der Waals surface area (Å²) in [6.45, 7) is 3.94. The molecule has 2 rings (SSSR count). The lowest BCUT2D eigenvalue weighted by Crippen LogP contribution is -2.29. The Kier molecular flexibility index (Phi) is 5.52. The van der Waals surface area contributed by atoms with Crippen molar-refractivity contribution in [3.63, 3.8) is 0 Å². The van der Waals surface area contributed by atoms with Crippen molar-refractivity contribution in [2.45, 2.75) is 13.5 Å². The second-order valence-electron chi connectivity index (χ2n) is 4.94. The molecule has 2 aromatic rings. The summed E-state index contributed by atoms with van der Waals surface area (Å²) in [4.78, 5) is 13.4. The van der Waals surface area contributed by atoms with Gasteiger partial charge in [0.05, 0.1) is 13.7 Å². The molecule has 110 valence electrons. The molecule has 21 heavy (non-hydrogen) atoms. The standard InChI is InChI=1S/C18H21NO2/c1-3-19(14-18(20)21-2)13-15-9-11-17(12-10-15)16-7-5-4-6-8-16/h4-12H,3,13-14H2,1-2H3. The van der Waals surface area contributed by atoms with Gasteiger partial charge in [-0.3, -0.25) is 9.69 Å². The van der Waals surface area contributed by atoms with Gasteiger partial charge in [0.1, 0.15) is 0 Å². The maximum Gasteiger partial charge on any atom is 0.319 e. The van der Waals surface area contributed by atoms with Crippen molar-refractivity contribution in [1.82, 2.24) is 4.90 Å². The van der Waals surface area contributed by atoms with Gasteiger partial charge < -0.3 is 4.74 Å². The van der Waals surface area contributed by atoms with E-state index in [4.69, 9.17) is 4.74 Å². The molecule has 3 heteroatoms. The second kappa shape index (κ2) is 7.60. The van der Waals surface area contributed by atoms with Gasteiger partial charge in [-0.2, -0.15) is 0 Å². The number of carbonyl (C=O) groups is 1. The van der Waals surface area contributed by atoms with Gasteiger partial charge >= 0.3 is 5.97 Å². The monoisotopic (exact) mass is 283 g/mol. The van der Waals surface area contributed by atoms with Gasteiger partial charge in [0, 0.05) is 6.54 Å². The molecule has 0 saturated heterocycles. The van der Waals surface area contributed by atoms with Gasteiger partial charge in [0.15, 0.2) is 0 Å². The third-order valence-electron chi connectivity index (χ3n) is 3.49. The van der Waals surface area contributed by atoms with Crippen LogP contribution in [0.4, 0.5) is 0 Å². The van der Waals surface area contributed by atoms with Crippen LogP contribution in [0.5, 0.6) is 0 Å². The number of esters is 1. The van der Waals surface area contributed by atoms with Crippen LogP contribution < -0.4 is 0 Å². The van der Waals surface area contributed by atoms with Crippen LogP contribution in [-0.4, -0.2) is 31.1 Å². The Balaban J connectivity index is 2.03. The Bertz CT molecular complexity index is 564. The molecule has 2 aromatic carbocycles. The fourth-order valence-corrected chi connectivity index (χ4v) is 2.22. The average Bonchev–Trinajstić information content (AvgIpc) is 2.55. The van der Waals surface area contributed by atoms with Crippen molar-refractivity contribution < 1.29 is 9.53 Å². The third kappa shape index (κ3) is 4.43. The molecule has 0 fully saturated rings. The van der Waals surface area contributed by atoms with E-state index in [0.29, 0.717) is 6.54 Å². The van der Waals surface area contributed by atoms with E-state index in [0.717, 1.165) is 13.1 Å². The lowest BCUT2D eigenvalue weighted by molar-refractivity contribution is -0.142. The topological polar surface area (TPSA) is 29.5 Å². The van der Waals surface area contributed by atoms with Crippen molar-refractivity contribution in [3.8, 4) is 11.1 Å². The van der Waals surface area contributed by atoms with Gasteiger partial charge in [-0.25, -0.2) is 0 Å². The first-order valence-electron chi connectivity index (χ1n) is 7.16. The van der Waals surface area contributed by atoms with E-state index in [-0.39, 0.29) is 5.97 Å². The highest BCUT2D eigenvalue weighted by Gasteiger charge is 2.09. The first kappa shape index (κ1) is 15.3. The maximum absolute atomic E-state index is 11.3. The van der Waals surface area contributed by atoms with Crippen molar-refractivity contribution in [2.75, 3.05) is 20.2 Å². The maximum atomic E-state index is 11.3. The molecule has 0 heterocycles. The predicted molar refractivity (Wildman–Crippen MR) is 84.8 cm³/mol. The van der Waals surface area contributed by atoms with E-state index in [2.05, 4.69) is 41.3 Å². The fraction of sp³-hybridized carbons (Fsp3) is 0.278. The van der Waals surface area contributed by atoms with Crippen LogP contribution in [0.25, 0.3) is 11.1 Å². The molecule has 0 unspecified atom stereocenters. The van der Waals surface area contributed by atoms with Crippen molar-refractivity contribution >= 4 is 5.97 Å². The Labute approximate surface area is 126 Å². The molecule has 0 amide bonds. The number of hydrogen-bond acceptors (Lipinski definition) is 3. The minimum Gasteiger partial charge on any atom is -0.468 e. The number of carbonyl (C=O) groups excluding carboxylic acids is 1. The predicted octanol–water partition coefficient (Wildman–Crippen LogP) is 3.35. The second-order valence-corrected chi connectivity index (χ2v) is 4.94. The van der Waals surface area contributed by atoms with E-state index in [1.807, 2.05) is 25.1 Å². The number of ether oxygens (including phenoxy) is 1. The minimum atomic E-state index is -0.197. The largest absolute Gasteiger partial charge is 0.468 e. The fourth-order valence-electron chi connectivity index (χ4n) is 2.22. The molecule has 0 saturated carbocycles. The molecule has 0 spiro atoms. The van der Waals surface area contributed by atoms with Crippen LogP contribution in [0.15, 0.2) is 54.6 Å². The van der Waals surface area contributed by atoms with E-state index < -0.39 is 0 Å². The molecule has 0 N–H and O–H groups in total. The molecule has 0 aliphatic heterocycles. The Morgan fingerprint density at radius 1 is 1.00 bits per heavy atom. The SMILES string of the molecule is CCN(CC(=O)OC)Cc1ccc(-c2ccccc2)cc1. The molecule has 0 bridgehead atoms. The number of hydrogen-bond donors (Lipinski definition) is 0. The highest BCUT2D eigenvalue weighted by molar-refractivity contribution is 5.71. The van der Waals surface area contributed by atoms with Crippen molar-refractivity contribution in [2.24, 2.45) is 0 Å². The highest BCUT2D eigenvalue weighted by Crippen LogP contribution is 2.19. The van der Waals surface area contributed by atoms with Crippen LogP contribution in [0, 0.1) is 0 Å². The molecule has 0 aliphatic rings. The van der Waals surface area contributed by atoms with E-state index in [1.165, 1.54) is 23.8 Å². The number of rotatable bonds is 6. The summed E-state index contributed by atoms with van der Waals surface area (Å²) in [5.74, 6) is -0.197. The third-order valence-corrected chi connectivity index (χ3v) is 3.49. The molecule has 3 nitrogen and oxygen atoms in total. The van der Waals surface area contributed by atoms with Crippen LogP contribution in [0.2, 0.25) is 0 Å². The van der Waals surface area contributed by atoms with Crippen LogP contribution in [0.1, 0.15) is 12.5 Å². The normalized spacial score (nSPS) is 10.6. The zero-order valence-electron chi connectivity index (χ0n) is 12.6. The summed E-state index contributed by atoms with van der Waals surface area (Å²) in [5.41, 5.74) is 3.61. The molecule has 0 radical (unpaired) electrons. The summed E-state index contributed by atoms with van der Waals surface area (Å²) in [6, 6.07) is 18.8. The van der Waals surface area contributed by atoms with Gasteiger partial charge in [0.25, 0.3) is 0 Å². The summed E-state index contributed by atoms with van der Waals surface area (Å²) < 4.78 is 4.72. The molecular formula is C18H21NO2. The van der Waals surface area contributed by atoms with Crippen LogP contribution in [-0.2, 0) is 16.1 Å². The van der Waals surface area contributed by atoms with E-state index in [9.17, 15) is 4.79 Å². The highest BCUT2D eigenvalue weighted by atomic mass is 16.5. The lowest BCUT2D eigenvalue weighted by Gasteiger charge is -2.19. The van der Waals surface area contributed by atoms with Gasteiger partial charge in [-0.05, 0) is 23.2 Å². The minimum absolute atomic E-state index is 0.197. The zero-order valence-corrected chi connectivity index (χ0v) is 12.6. The first-order chi connectivity index (χ1) is 10.2. The number of methoxy groups -OCH3 is 1. The van der Waals surface area contributed by atoms with Crippen molar-refractivity contribution in [1.29, 1.82) is 0 Å². The Morgan fingerprint density at radius 3 is 2.19 bits per heavy atom. The molecule has 0 atom stereocenters. The summed E-state index contributed by atoms with van der Waals surface area (Å²) in [5, 5.41) is 0. The number of nitrogens with zero attached hydrogens (tertiary/aromatic N) is 1. The molecular weight excluding hydrogens is 262 g/mol. The lowest BCUT2D eigenvalue weighted by atomic mass is 10.0. The smallest absolute Gasteiger partial charge is 0.319 e. The number of benzene rings is 2. The number of likely N-dealkylation sites (N-methyl/N-ethyl adjacent to an activating group) is 1. The Hall–Kier alpha value is -2.13. The summed E-state index contributed by atoms with van der Waals surface area (Å²) >= 11 is 0. The average molecular weight is 283 g/mol. The zero-order chi connectivity index (χ0) is 15.1. The van der Waals surface area contributed by atoms with Crippen LogP contribution >= 0.6 is 0 Å². The van der Waals surface area contributed by atoms with Gasteiger partial charge in [-0.1, -0.05) is 61.5 Å². The van der Waals surface area contributed by atoms with Gasteiger partial charge in [0.2, 0.25) is 0 Å². The van der Waals surface area contributed by atoms with Gasteiger partial charge in [-0.15, -0.1) is 0 Å². The van der Waals surface area contributed by atoms with E-state index in [1.54, 1.807) is 0 Å². The van der Waals surface area contributed by atoms with Crippen molar-refractivity contribution in [3.05, 3.63) is 60.2 Å². The molecule has 0 aromatic heterocycles.